The smallest absolute Gasteiger partial charge is 0.244 e. The zero-order valence-corrected chi connectivity index (χ0v) is 14.7. The topological polar surface area (TPSA) is 38.3 Å². The van der Waals surface area contributed by atoms with Crippen LogP contribution in [0.2, 0.25) is 0 Å². The van der Waals surface area contributed by atoms with E-state index >= 15 is 0 Å². The number of methoxy groups -OCH3 is 1. The van der Waals surface area contributed by atoms with E-state index in [1.54, 1.807) is 13.2 Å². The number of carbonyl (C=O) groups excluding carboxylic acids is 1. The van der Waals surface area contributed by atoms with Gasteiger partial charge in [0.2, 0.25) is 5.91 Å². The summed E-state index contributed by atoms with van der Waals surface area (Å²) in [6, 6.07) is 18.2. The van der Waals surface area contributed by atoms with Crippen LogP contribution in [0.4, 0.5) is 0 Å². The predicted molar refractivity (Wildman–Crippen MR) is 102 cm³/mol. The maximum Gasteiger partial charge on any atom is 0.244 e. The second-order valence-corrected chi connectivity index (χ2v) is 6.68. The van der Waals surface area contributed by atoms with Gasteiger partial charge in [-0.05, 0) is 42.2 Å². The summed E-state index contributed by atoms with van der Waals surface area (Å²) in [5, 5.41) is 3.11. The lowest BCUT2D eigenvalue weighted by molar-refractivity contribution is -0.116. The number of benzene rings is 2. The Balaban J connectivity index is 1.61. The van der Waals surface area contributed by atoms with E-state index in [2.05, 4.69) is 29.6 Å². The molecular weight excluding hydrogens is 310 g/mol. The Morgan fingerprint density at radius 2 is 1.76 bits per heavy atom. The lowest BCUT2D eigenvalue weighted by Gasteiger charge is -2.29. The van der Waals surface area contributed by atoms with Crippen LogP contribution < -0.4 is 10.1 Å². The van der Waals surface area contributed by atoms with Gasteiger partial charge in [-0.25, -0.2) is 0 Å². The molecule has 3 heteroatoms. The average Bonchev–Trinajstić information content (AvgIpc) is 3.16. The second kappa shape index (κ2) is 8.02. The molecule has 0 heterocycles. The zero-order chi connectivity index (χ0) is 17.5. The summed E-state index contributed by atoms with van der Waals surface area (Å²) in [7, 11) is 1.64. The third kappa shape index (κ3) is 4.30. The molecule has 2 aromatic carbocycles. The van der Waals surface area contributed by atoms with Crippen LogP contribution in [0.5, 0.6) is 5.75 Å². The van der Waals surface area contributed by atoms with Crippen LogP contribution in [0.1, 0.15) is 36.8 Å². The van der Waals surface area contributed by atoms with Gasteiger partial charge in [0.1, 0.15) is 5.75 Å². The first-order valence-electron chi connectivity index (χ1n) is 8.87. The van der Waals surface area contributed by atoms with Crippen molar-refractivity contribution in [2.75, 3.05) is 13.7 Å². The Hall–Kier alpha value is -2.55. The third-order valence-corrected chi connectivity index (χ3v) is 5.09. The molecule has 3 nitrogen and oxygen atoms in total. The normalized spacial score (nSPS) is 16.0. The Morgan fingerprint density at radius 1 is 1.08 bits per heavy atom. The van der Waals surface area contributed by atoms with E-state index in [-0.39, 0.29) is 11.3 Å². The van der Waals surface area contributed by atoms with E-state index in [4.69, 9.17) is 4.74 Å². The summed E-state index contributed by atoms with van der Waals surface area (Å²) in [6.07, 6.45) is 8.17. The van der Waals surface area contributed by atoms with Crippen molar-refractivity contribution in [3.8, 4) is 5.75 Å². The van der Waals surface area contributed by atoms with Crippen LogP contribution in [-0.2, 0) is 10.2 Å². The van der Waals surface area contributed by atoms with Gasteiger partial charge >= 0.3 is 0 Å². The SMILES string of the molecule is COc1ccc(/C=C/C(=O)NCC2(c3ccccc3)CCCC2)cc1. The standard InChI is InChI=1S/C22H25NO2/c1-25-20-12-9-18(10-13-20)11-14-21(24)23-17-22(15-5-6-16-22)19-7-3-2-4-8-19/h2-4,7-14H,5-6,15-17H2,1H3,(H,23,24)/b14-11+. The molecule has 1 N–H and O–H groups in total. The zero-order valence-electron chi connectivity index (χ0n) is 14.7. The molecule has 1 aliphatic carbocycles. The van der Waals surface area contributed by atoms with Crippen molar-refractivity contribution in [1.29, 1.82) is 0 Å². The highest BCUT2D eigenvalue weighted by Crippen LogP contribution is 2.40. The van der Waals surface area contributed by atoms with E-state index in [9.17, 15) is 4.79 Å². The minimum Gasteiger partial charge on any atom is -0.497 e. The number of carbonyl (C=O) groups is 1. The van der Waals surface area contributed by atoms with Gasteiger partial charge in [-0.2, -0.15) is 0 Å². The van der Waals surface area contributed by atoms with E-state index in [1.165, 1.54) is 18.4 Å². The van der Waals surface area contributed by atoms with Crippen molar-refractivity contribution in [2.24, 2.45) is 0 Å². The molecule has 0 spiro atoms. The minimum atomic E-state index is -0.0435. The lowest BCUT2D eigenvalue weighted by atomic mass is 9.79. The molecule has 3 rings (SSSR count). The van der Waals surface area contributed by atoms with Crippen molar-refractivity contribution in [1.82, 2.24) is 5.32 Å². The Morgan fingerprint density at radius 3 is 2.40 bits per heavy atom. The largest absolute Gasteiger partial charge is 0.497 e. The van der Waals surface area contributed by atoms with Crippen LogP contribution in [0.3, 0.4) is 0 Å². The number of ether oxygens (including phenoxy) is 1. The number of rotatable bonds is 6. The minimum absolute atomic E-state index is 0.0435. The van der Waals surface area contributed by atoms with Crippen molar-refractivity contribution < 1.29 is 9.53 Å². The van der Waals surface area contributed by atoms with Crippen molar-refractivity contribution in [3.63, 3.8) is 0 Å². The molecule has 1 amide bonds. The van der Waals surface area contributed by atoms with Gasteiger partial charge in [-0.1, -0.05) is 55.3 Å². The maximum absolute atomic E-state index is 12.2. The monoisotopic (exact) mass is 335 g/mol. The first kappa shape index (κ1) is 17.3. The summed E-state index contributed by atoms with van der Waals surface area (Å²) in [4.78, 5) is 12.2. The molecule has 0 bridgehead atoms. The molecule has 1 aliphatic rings. The molecule has 0 unspecified atom stereocenters. The number of hydrogen-bond acceptors (Lipinski definition) is 2. The van der Waals surface area contributed by atoms with Crippen molar-refractivity contribution in [3.05, 3.63) is 71.8 Å². The van der Waals surface area contributed by atoms with E-state index in [0.717, 1.165) is 24.2 Å². The summed E-state index contributed by atoms with van der Waals surface area (Å²) < 4.78 is 5.14. The van der Waals surface area contributed by atoms with Gasteiger partial charge in [0.05, 0.1) is 7.11 Å². The van der Waals surface area contributed by atoms with Crippen LogP contribution in [0, 0.1) is 0 Å². The number of amides is 1. The molecule has 0 saturated heterocycles. The second-order valence-electron chi connectivity index (χ2n) is 6.68. The van der Waals surface area contributed by atoms with Crippen LogP contribution in [0.15, 0.2) is 60.7 Å². The molecular formula is C22H25NO2. The third-order valence-electron chi connectivity index (χ3n) is 5.09. The highest BCUT2D eigenvalue weighted by atomic mass is 16.5. The van der Waals surface area contributed by atoms with Crippen LogP contribution in [0.25, 0.3) is 6.08 Å². The first-order chi connectivity index (χ1) is 12.2. The fraction of sp³-hybridized carbons (Fsp3) is 0.318. The quantitative estimate of drug-likeness (QED) is 0.798. The molecule has 2 aromatic rings. The molecule has 0 aromatic heterocycles. The Kier molecular flexibility index (Phi) is 5.54. The highest BCUT2D eigenvalue weighted by molar-refractivity contribution is 5.91. The Bertz CT molecular complexity index is 713. The summed E-state index contributed by atoms with van der Waals surface area (Å²) in [6.45, 7) is 0.697. The predicted octanol–water partition coefficient (Wildman–Crippen LogP) is 4.34. The van der Waals surface area contributed by atoms with Crippen molar-refractivity contribution in [2.45, 2.75) is 31.1 Å². The summed E-state index contributed by atoms with van der Waals surface area (Å²) in [5.74, 6) is 0.769. The van der Waals surface area contributed by atoms with E-state index < -0.39 is 0 Å². The fourth-order valence-electron chi connectivity index (χ4n) is 3.61. The molecule has 0 atom stereocenters. The summed E-state index contributed by atoms with van der Waals surface area (Å²) >= 11 is 0. The van der Waals surface area contributed by atoms with Crippen LogP contribution >= 0.6 is 0 Å². The van der Waals surface area contributed by atoms with Crippen molar-refractivity contribution >= 4 is 12.0 Å². The fourth-order valence-corrected chi connectivity index (χ4v) is 3.61. The molecule has 25 heavy (non-hydrogen) atoms. The molecule has 0 aliphatic heterocycles. The Labute approximate surface area is 149 Å². The first-order valence-corrected chi connectivity index (χ1v) is 8.87. The molecule has 130 valence electrons. The number of hydrogen-bond donors (Lipinski definition) is 1. The van der Waals surface area contributed by atoms with Gasteiger partial charge in [0, 0.05) is 18.0 Å². The van der Waals surface area contributed by atoms with Crippen LogP contribution in [-0.4, -0.2) is 19.6 Å². The van der Waals surface area contributed by atoms with Gasteiger partial charge in [-0.3, -0.25) is 4.79 Å². The van der Waals surface area contributed by atoms with Gasteiger partial charge in [-0.15, -0.1) is 0 Å². The average molecular weight is 335 g/mol. The van der Waals surface area contributed by atoms with E-state index in [1.807, 2.05) is 36.4 Å². The van der Waals surface area contributed by atoms with Gasteiger partial charge in [0.15, 0.2) is 0 Å². The highest BCUT2D eigenvalue weighted by Gasteiger charge is 2.35. The molecule has 0 radical (unpaired) electrons. The number of nitrogens with one attached hydrogen (secondary N) is 1. The molecule has 1 fully saturated rings. The maximum atomic E-state index is 12.2. The van der Waals surface area contributed by atoms with E-state index in [0.29, 0.717) is 6.54 Å². The summed E-state index contributed by atoms with van der Waals surface area (Å²) in [5.41, 5.74) is 2.41. The lowest BCUT2D eigenvalue weighted by Crippen LogP contribution is -2.38. The van der Waals surface area contributed by atoms with Gasteiger partial charge < -0.3 is 10.1 Å². The molecule has 1 saturated carbocycles. The van der Waals surface area contributed by atoms with Gasteiger partial charge in [0.25, 0.3) is 0 Å².